The van der Waals surface area contributed by atoms with Crippen LogP contribution in [-0.2, 0) is 0 Å². The summed E-state index contributed by atoms with van der Waals surface area (Å²) in [5.74, 6) is 0.706. The predicted octanol–water partition coefficient (Wildman–Crippen LogP) is 3.87. The third-order valence-corrected chi connectivity index (χ3v) is 4.06. The molecule has 2 rings (SSSR count). The summed E-state index contributed by atoms with van der Waals surface area (Å²) in [5.41, 5.74) is 7.65. The van der Waals surface area contributed by atoms with Crippen molar-refractivity contribution in [3.8, 4) is 0 Å². The van der Waals surface area contributed by atoms with E-state index in [1.165, 1.54) is 41.2 Å². The normalized spacial score (nSPS) is 20.1. The van der Waals surface area contributed by atoms with Gasteiger partial charge in [-0.2, -0.15) is 0 Å². The first-order valence-electron chi connectivity index (χ1n) is 5.78. The van der Waals surface area contributed by atoms with Crippen LogP contribution >= 0.6 is 22.6 Å². The third kappa shape index (κ3) is 2.94. The Morgan fingerprint density at radius 3 is 2.60 bits per heavy atom. The minimum atomic E-state index is 0.250. The summed E-state index contributed by atoms with van der Waals surface area (Å²) in [4.78, 5) is 0. The van der Waals surface area contributed by atoms with Crippen LogP contribution < -0.4 is 5.73 Å². The van der Waals surface area contributed by atoms with Crippen LogP contribution in [0.2, 0.25) is 0 Å². The first-order chi connectivity index (χ1) is 7.27. The second-order valence-corrected chi connectivity index (χ2v) is 5.72. The van der Waals surface area contributed by atoms with Gasteiger partial charge in [0.2, 0.25) is 0 Å². The van der Waals surface area contributed by atoms with Crippen LogP contribution in [0.4, 0.5) is 0 Å². The molecule has 1 aliphatic carbocycles. The quantitative estimate of drug-likeness (QED) is 0.824. The van der Waals surface area contributed by atoms with E-state index in [9.17, 15) is 0 Å². The summed E-state index contributed by atoms with van der Waals surface area (Å²) in [6.45, 7) is 0. The molecule has 1 fully saturated rings. The molecule has 1 saturated carbocycles. The second kappa shape index (κ2) is 5.30. The number of hydrogen-bond donors (Lipinski definition) is 1. The molecule has 0 saturated heterocycles. The van der Waals surface area contributed by atoms with E-state index < -0.39 is 0 Å². The molecule has 0 aromatic heterocycles. The molecular weight excluding hydrogens is 297 g/mol. The molecule has 0 radical (unpaired) electrons. The lowest BCUT2D eigenvalue weighted by Crippen LogP contribution is -2.23. The van der Waals surface area contributed by atoms with Gasteiger partial charge in [0, 0.05) is 9.61 Å². The monoisotopic (exact) mass is 315 g/mol. The summed E-state index contributed by atoms with van der Waals surface area (Å²) >= 11 is 2.35. The van der Waals surface area contributed by atoms with E-state index in [0.29, 0.717) is 5.92 Å². The van der Waals surface area contributed by atoms with Gasteiger partial charge in [-0.1, -0.05) is 31.4 Å². The zero-order chi connectivity index (χ0) is 10.7. The molecular formula is C13H18IN. The lowest BCUT2D eigenvalue weighted by atomic mass is 9.82. The number of halogens is 1. The van der Waals surface area contributed by atoms with Gasteiger partial charge in [-0.3, -0.25) is 0 Å². The first kappa shape index (κ1) is 11.4. The van der Waals surface area contributed by atoms with Crippen LogP contribution in [0.1, 0.15) is 43.7 Å². The standard InChI is InChI=1S/C13H18IN/c14-12-8-4-7-11(9-12)13(15)10-5-2-1-3-6-10/h4,7-10,13H,1-3,5-6,15H2/t13-/m0/s1. The Labute approximate surface area is 106 Å². The molecule has 0 spiro atoms. The molecule has 15 heavy (non-hydrogen) atoms. The molecule has 1 aliphatic rings. The Hall–Kier alpha value is -0.0900. The highest BCUT2D eigenvalue weighted by molar-refractivity contribution is 14.1. The van der Waals surface area contributed by atoms with Crippen molar-refractivity contribution < 1.29 is 0 Å². The van der Waals surface area contributed by atoms with Gasteiger partial charge in [-0.25, -0.2) is 0 Å². The first-order valence-corrected chi connectivity index (χ1v) is 6.86. The van der Waals surface area contributed by atoms with Crippen molar-refractivity contribution in [3.05, 3.63) is 33.4 Å². The second-order valence-electron chi connectivity index (χ2n) is 4.48. The molecule has 2 N–H and O–H groups in total. The van der Waals surface area contributed by atoms with Crippen molar-refractivity contribution in [1.82, 2.24) is 0 Å². The maximum absolute atomic E-state index is 6.34. The molecule has 0 bridgehead atoms. The Balaban J connectivity index is 2.08. The molecule has 2 heteroatoms. The maximum atomic E-state index is 6.34. The molecule has 1 aromatic rings. The van der Waals surface area contributed by atoms with Gasteiger partial charge >= 0.3 is 0 Å². The zero-order valence-corrected chi connectivity index (χ0v) is 11.1. The third-order valence-electron chi connectivity index (χ3n) is 3.39. The van der Waals surface area contributed by atoms with Crippen molar-refractivity contribution >= 4 is 22.6 Å². The molecule has 0 unspecified atom stereocenters. The molecule has 0 heterocycles. The topological polar surface area (TPSA) is 26.0 Å². The smallest absolute Gasteiger partial charge is 0.0323 e. The van der Waals surface area contributed by atoms with Crippen LogP contribution in [0.15, 0.2) is 24.3 Å². The van der Waals surface area contributed by atoms with Gasteiger partial charge in [-0.15, -0.1) is 0 Å². The highest BCUT2D eigenvalue weighted by Crippen LogP contribution is 2.33. The molecule has 1 nitrogen and oxygen atoms in total. The van der Waals surface area contributed by atoms with E-state index in [1.807, 2.05) is 0 Å². The van der Waals surface area contributed by atoms with E-state index in [-0.39, 0.29) is 6.04 Å². The molecule has 0 aliphatic heterocycles. The highest BCUT2D eigenvalue weighted by Gasteiger charge is 2.21. The Morgan fingerprint density at radius 2 is 1.93 bits per heavy atom. The molecule has 1 aromatic carbocycles. The highest BCUT2D eigenvalue weighted by atomic mass is 127. The molecule has 0 amide bonds. The average Bonchev–Trinajstić information content (AvgIpc) is 2.29. The SMILES string of the molecule is N[C@H](c1cccc(I)c1)C1CCCCC1. The average molecular weight is 315 g/mol. The van der Waals surface area contributed by atoms with Crippen LogP contribution in [0.3, 0.4) is 0 Å². The Morgan fingerprint density at radius 1 is 1.20 bits per heavy atom. The summed E-state index contributed by atoms with van der Waals surface area (Å²) in [7, 11) is 0. The maximum Gasteiger partial charge on any atom is 0.0323 e. The van der Waals surface area contributed by atoms with E-state index in [2.05, 4.69) is 46.9 Å². The largest absolute Gasteiger partial charge is 0.324 e. The van der Waals surface area contributed by atoms with Crippen LogP contribution in [0.25, 0.3) is 0 Å². The number of nitrogens with two attached hydrogens (primary N) is 1. The Kier molecular flexibility index (Phi) is 4.03. The van der Waals surface area contributed by atoms with E-state index >= 15 is 0 Å². The fourth-order valence-electron chi connectivity index (χ4n) is 2.48. The van der Waals surface area contributed by atoms with Gasteiger partial charge in [-0.05, 0) is 59.0 Å². The fourth-order valence-corrected chi connectivity index (χ4v) is 3.05. The van der Waals surface area contributed by atoms with Gasteiger partial charge < -0.3 is 5.73 Å². The van der Waals surface area contributed by atoms with Crippen molar-refractivity contribution in [2.45, 2.75) is 38.1 Å². The van der Waals surface area contributed by atoms with Crippen LogP contribution in [-0.4, -0.2) is 0 Å². The predicted molar refractivity (Wildman–Crippen MR) is 72.7 cm³/mol. The lowest BCUT2D eigenvalue weighted by Gasteiger charge is -2.27. The van der Waals surface area contributed by atoms with E-state index in [1.54, 1.807) is 0 Å². The Bertz CT molecular complexity index is 318. The van der Waals surface area contributed by atoms with E-state index in [0.717, 1.165) is 0 Å². The van der Waals surface area contributed by atoms with Crippen molar-refractivity contribution in [1.29, 1.82) is 0 Å². The number of benzene rings is 1. The van der Waals surface area contributed by atoms with Crippen LogP contribution in [0, 0.1) is 9.49 Å². The summed E-state index contributed by atoms with van der Waals surface area (Å²) in [6, 6.07) is 8.87. The van der Waals surface area contributed by atoms with Gasteiger partial charge in [0.25, 0.3) is 0 Å². The summed E-state index contributed by atoms with van der Waals surface area (Å²) < 4.78 is 1.29. The van der Waals surface area contributed by atoms with Gasteiger partial charge in [0.1, 0.15) is 0 Å². The number of hydrogen-bond acceptors (Lipinski definition) is 1. The van der Waals surface area contributed by atoms with E-state index in [4.69, 9.17) is 5.73 Å². The summed E-state index contributed by atoms with van der Waals surface area (Å²) in [5, 5.41) is 0. The number of rotatable bonds is 2. The summed E-state index contributed by atoms with van der Waals surface area (Å²) in [6.07, 6.45) is 6.75. The van der Waals surface area contributed by atoms with Crippen molar-refractivity contribution in [3.63, 3.8) is 0 Å². The van der Waals surface area contributed by atoms with Crippen molar-refractivity contribution in [2.24, 2.45) is 11.7 Å². The lowest BCUT2D eigenvalue weighted by molar-refractivity contribution is 0.308. The minimum Gasteiger partial charge on any atom is -0.324 e. The zero-order valence-electron chi connectivity index (χ0n) is 8.95. The fraction of sp³-hybridized carbons (Fsp3) is 0.538. The van der Waals surface area contributed by atoms with Gasteiger partial charge in [0.05, 0.1) is 0 Å². The van der Waals surface area contributed by atoms with Crippen LogP contribution in [0.5, 0.6) is 0 Å². The minimum absolute atomic E-state index is 0.250. The molecule has 82 valence electrons. The van der Waals surface area contributed by atoms with Crippen molar-refractivity contribution in [2.75, 3.05) is 0 Å². The van der Waals surface area contributed by atoms with Gasteiger partial charge in [0.15, 0.2) is 0 Å². The molecule has 1 atom stereocenters.